The fraction of sp³-hybridized carbons (Fsp3) is 0.444. The molecule has 0 spiro atoms. The van der Waals surface area contributed by atoms with Crippen LogP contribution in [-0.4, -0.2) is 33.9 Å². The first-order valence-electron chi connectivity index (χ1n) is 4.84. The number of aromatic nitrogens is 2. The summed E-state index contributed by atoms with van der Waals surface area (Å²) in [6.07, 6.45) is 3.41. The second kappa shape index (κ2) is 5.26. The Balaban J connectivity index is 2.62. The van der Waals surface area contributed by atoms with Crippen molar-refractivity contribution in [3.05, 3.63) is 18.2 Å². The number of nitrogens with one attached hydrogen (secondary N) is 2. The zero-order valence-corrected chi connectivity index (χ0v) is 8.93. The van der Waals surface area contributed by atoms with Crippen molar-refractivity contribution in [2.75, 3.05) is 0 Å². The number of carbonyl (C=O) groups excluding carboxylic acids is 2. The Hall–Kier alpha value is -1.89. The molecule has 0 fully saturated rings. The molecule has 1 aromatic rings. The first-order chi connectivity index (χ1) is 7.50. The highest BCUT2D eigenvalue weighted by molar-refractivity contribution is 5.88. The third-order valence-corrected chi connectivity index (χ3v) is 2.03. The minimum absolute atomic E-state index is 0.223. The monoisotopic (exact) mass is 225 g/mol. The van der Waals surface area contributed by atoms with Crippen LogP contribution >= 0.6 is 0 Å². The molecule has 7 nitrogen and oxygen atoms in total. The number of hydrogen-bond acceptors (Lipinski definition) is 4. The van der Waals surface area contributed by atoms with Crippen LogP contribution in [0.1, 0.15) is 12.7 Å². The van der Waals surface area contributed by atoms with Gasteiger partial charge in [-0.05, 0) is 6.92 Å². The molecule has 0 saturated carbocycles. The largest absolute Gasteiger partial charge is 0.368 e. The van der Waals surface area contributed by atoms with Gasteiger partial charge in [0, 0.05) is 18.8 Å². The first kappa shape index (κ1) is 12.2. The minimum Gasteiger partial charge on any atom is -0.368 e. The lowest BCUT2D eigenvalue weighted by atomic mass is 10.1. The average Bonchev–Trinajstić information content (AvgIpc) is 2.68. The maximum Gasteiger partial charge on any atom is 0.240 e. The van der Waals surface area contributed by atoms with Crippen molar-refractivity contribution in [1.82, 2.24) is 15.3 Å². The highest BCUT2D eigenvalue weighted by atomic mass is 16.2. The Bertz CT molecular complexity index is 360. The minimum atomic E-state index is -0.801. The maximum atomic E-state index is 11.3. The van der Waals surface area contributed by atoms with E-state index in [0.29, 0.717) is 5.82 Å². The summed E-state index contributed by atoms with van der Waals surface area (Å²) in [5.74, 6) is -0.463. The molecule has 0 aliphatic carbocycles. The summed E-state index contributed by atoms with van der Waals surface area (Å²) in [6, 6.07) is -1.48. The fourth-order valence-corrected chi connectivity index (χ4v) is 1.13. The number of imidazole rings is 1. The number of H-pyrrole nitrogens is 1. The lowest BCUT2D eigenvalue weighted by Crippen LogP contribution is -2.50. The highest BCUT2D eigenvalue weighted by Crippen LogP contribution is 1.96. The molecule has 16 heavy (non-hydrogen) atoms. The molecule has 7 heteroatoms. The molecule has 0 saturated heterocycles. The zero-order valence-electron chi connectivity index (χ0n) is 8.93. The van der Waals surface area contributed by atoms with E-state index in [2.05, 4.69) is 15.3 Å². The van der Waals surface area contributed by atoms with Crippen LogP contribution in [0.15, 0.2) is 12.4 Å². The molecule has 0 bridgehead atoms. The number of rotatable bonds is 5. The van der Waals surface area contributed by atoms with Crippen molar-refractivity contribution in [2.45, 2.75) is 25.4 Å². The molecule has 1 heterocycles. The summed E-state index contributed by atoms with van der Waals surface area (Å²) >= 11 is 0. The zero-order chi connectivity index (χ0) is 12.1. The van der Waals surface area contributed by atoms with Crippen LogP contribution in [0.4, 0.5) is 0 Å². The molecular formula is C9H15N5O2. The lowest BCUT2D eigenvalue weighted by molar-refractivity contribution is -0.127. The van der Waals surface area contributed by atoms with E-state index in [1.807, 2.05) is 0 Å². The third kappa shape index (κ3) is 3.35. The van der Waals surface area contributed by atoms with Crippen molar-refractivity contribution in [1.29, 1.82) is 0 Å². The summed E-state index contributed by atoms with van der Waals surface area (Å²) in [6.45, 7) is 1.53. The number of nitrogens with two attached hydrogens (primary N) is 2. The normalized spacial score (nSPS) is 14.1. The standard InChI is InChI=1S/C9H15N5O2/c1-5(10)9(16)14-6(8(11)15)4-7-12-2-3-13-7/h2-3,5-6H,4,10H2,1H3,(H2,11,15)(H,12,13)(H,14,16)/t5-,6-/m1/s1. The lowest BCUT2D eigenvalue weighted by Gasteiger charge is -2.15. The van der Waals surface area contributed by atoms with E-state index in [1.54, 1.807) is 12.4 Å². The predicted octanol–water partition coefficient (Wildman–Crippen LogP) is -1.73. The predicted molar refractivity (Wildman–Crippen MR) is 57.1 cm³/mol. The van der Waals surface area contributed by atoms with Gasteiger partial charge in [-0.1, -0.05) is 0 Å². The van der Waals surface area contributed by atoms with Crippen molar-refractivity contribution < 1.29 is 9.59 Å². The third-order valence-electron chi connectivity index (χ3n) is 2.03. The smallest absolute Gasteiger partial charge is 0.240 e. The van der Waals surface area contributed by atoms with Crippen LogP contribution in [0.25, 0.3) is 0 Å². The number of carbonyl (C=O) groups is 2. The van der Waals surface area contributed by atoms with Crippen LogP contribution < -0.4 is 16.8 Å². The van der Waals surface area contributed by atoms with E-state index in [0.717, 1.165) is 0 Å². The van der Waals surface area contributed by atoms with E-state index in [1.165, 1.54) is 6.92 Å². The number of amides is 2. The molecule has 0 radical (unpaired) electrons. The van der Waals surface area contributed by atoms with Gasteiger partial charge in [0.2, 0.25) is 11.8 Å². The van der Waals surface area contributed by atoms with Crippen LogP contribution in [0, 0.1) is 0 Å². The van der Waals surface area contributed by atoms with E-state index in [9.17, 15) is 9.59 Å². The van der Waals surface area contributed by atoms with Crippen LogP contribution in [0.5, 0.6) is 0 Å². The Labute approximate surface area is 92.6 Å². The number of nitrogens with zero attached hydrogens (tertiary/aromatic N) is 1. The van der Waals surface area contributed by atoms with Crippen molar-refractivity contribution in [3.63, 3.8) is 0 Å². The summed E-state index contributed by atoms with van der Waals surface area (Å²) in [5.41, 5.74) is 10.5. The highest BCUT2D eigenvalue weighted by Gasteiger charge is 2.20. The van der Waals surface area contributed by atoms with Crippen molar-refractivity contribution >= 4 is 11.8 Å². The quantitative estimate of drug-likeness (QED) is 0.474. The first-order valence-corrected chi connectivity index (χ1v) is 4.84. The van der Waals surface area contributed by atoms with E-state index < -0.39 is 23.9 Å². The molecule has 0 aliphatic rings. The van der Waals surface area contributed by atoms with E-state index in [-0.39, 0.29) is 6.42 Å². The average molecular weight is 225 g/mol. The van der Waals surface area contributed by atoms with E-state index in [4.69, 9.17) is 11.5 Å². The Morgan fingerprint density at radius 1 is 1.62 bits per heavy atom. The molecule has 2 amide bonds. The SMILES string of the molecule is C[C@@H](N)C(=O)N[C@H](Cc1ncc[nH]1)C(N)=O. The van der Waals surface area contributed by atoms with Gasteiger partial charge in [0.25, 0.3) is 0 Å². The van der Waals surface area contributed by atoms with Gasteiger partial charge in [-0.2, -0.15) is 0 Å². The second-order valence-corrected chi connectivity index (χ2v) is 3.49. The molecular weight excluding hydrogens is 210 g/mol. The molecule has 1 rings (SSSR count). The Morgan fingerprint density at radius 2 is 2.31 bits per heavy atom. The summed E-state index contributed by atoms with van der Waals surface area (Å²) in [7, 11) is 0. The second-order valence-electron chi connectivity index (χ2n) is 3.49. The number of aromatic amines is 1. The molecule has 0 aliphatic heterocycles. The van der Waals surface area contributed by atoms with Gasteiger partial charge in [-0.15, -0.1) is 0 Å². The molecule has 1 aromatic heterocycles. The molecule has 88 valence electrons. The van der Waals surface area contributed by atoms with Gasteiger partial charge >= 0.3 is 0 Å². The van der Waals surface area contributed by atoms with Crippen LogP contribution in [0.3, 0.4) is 0 Å². The van der Waals surface area contributed by atoms with Gasteiger partial charge in [0.1, 0.15) is 11.9 Å². The summed E-state index contributed by atoms with van der Waals surface area (Å²) in [4.78, 5) is 29.2. The molecule has 6 N–H and O–H groups in total. The van der Waals surface area contributed by atoms with Crippen LogP contribution in [-0.2, 0) is 16.0 Å². The molecule has 0 unspecified atom stereocenters. The van der Waals surface area contributed by atoms with Gasteiger partial charge in [-0.25, -0.2) is 4.98 Å². The number of primary amides is 1. The van der Waals surface area contributed by atoms with Crippen molar-refractivity contribution in [2.24, 2.45) is 11.5 Å². The topological polar surface area (TPSA) is 127 Å². The summed E-state index contributed by atoms with van der Waals surface area (Å²) in [5, 5.41) is 2.46. The van der Waals surface area contributed by atoms with Crippen LogP contribution in [0.2, 0.25) is 0 Å². The Kier molecular flexibility index (Phi) is 4.01. The Morgan fingerprint density at radius 3 is 2.75 bits per heavy atom. The maximum absolute atomic E-state index is 11.3. The van der Waals surface area contributed by atoms with Gasteiger partial charge in [-0.3, -0.25) is 9.59 Å². The molecule has 2 atom stereocenters. The van der Waals surface area contributed by atoms with Gasteiger partial charge in [0.15, 0.2) is 0 Å². The fourth-order valence-electron chi connectivity index (χ4n) is 1.13. The van der Waals surface area contributed by atoms with Gasteiger partial charge in [0.05, 0.1) is 6.04 Å². The summed E-state index contributed by atoms with van der Waals surface area (Å²) < 4.78 is 0. The van der Waals surface area contributed by atoms with Crippen molar-refractivity contribution in [3.8, 4) is 0 Å². The van der Waals surface area contributed by atoms with E-state index >= 15 is 0 Å². The molecule has 0 aromatic carbocycles. The van der Waals surface area contributed by atoms with Gasteiger partial charge < -0.3 is 21.8 Å². The number of hydrogen-bond donors (Lipinski definition) is 4.